The molecule has 0 aliphatic heterocycles. The highest BCUT2D eigenvalue weighted by Crippen LogP contribution is 2.05. The van der Waals surface area contributed by atoms with E-state index >= 15 is 0 Å². The van der Waals surface area contributed by atoms with Crippen LogP contribution in [0.4, 0.5) is 0 Å². The average molecular weight is 172 g/mol. The standard InChI is InChI=1S/C8H20N2Si/c1-9(2)8(10(3)4)6-7-11-5/h8H,6-7H2,1-5H3. The van der Waals surface area contributed by atoms with Crippen molar-refractivity contribution in [3.8, 4) is 0 Å². The van der Waals surface area contributed by atoms with Crippen molar-refractivity contribution in [2.45, 2.75) is 25.2 Å². The number of hydrogen-bond donors (Lipinski definition) is 0. The molecule has 0 unspecified atom stereocenters. The first kappa shape index (κ1) is 11.1. The Morgan fingerprint density at radius 3 is 1.82 bits per heavy atom. The predicted molar refractivity (Wildman–Crippen MR) is 52.2 cm³/mol. The molecule has 0 aromatic carbocycles. The smallest absolute Gasteiger partial charge is 0.0609 e. The van der Waals surface area contributed by atoms with Gasteiger partial charge in [-0.15, -0.1) is 0 Å². The molecule has 0 amide bonds. The van der Waals surface area contributed by atoms with Crippen molar-refractivity contribution in [3.05, 3.63) is 0 Å². The van der Waals surface area contributed by atoms with Crippen molar-refractivity contribution in [3.63, 3.8) is 0 Å². The van der Waals surface area contributed by atoms with E-state index in [4.69, 9.17) is 0 Å². The molecule has 3 heteroatoms. The molecule has 0 rings (SSSR count). The summed E-state index contributed by atoms with van der Waals surface area (Å²) in [7, 11) is 9.65. The van der Waals surface area contributed by atoms with Crippen LogP contribution in [0.25, 0.3) is 0 Å². The highest BCUT2D eigenvalue weighted by atomic mass is 28.2. The fourth-order valence-electron chi connectivity index (χ4n) is 1.25. The van der Waals surface area contributed by atoms with Gasteiger partial charge < -0.3 is 0 Å². The summed E-state index contributed by atoms with van der Waals surface area (Å²) in [4.78, 5) is 4.56. The second-order valence-electron chi connectivity index (χ2n) is 3.30. The molecular formula is C8H20N2Si. The SMILES string of the molecule is C[Si]CCC(N(C)C)N(C)C. The van der Waals surface area contributed by atoms with E-state index in [0.29, 0.717) is 6.17 Å². The maximum Gasteiger partial charge on any atom is 0.0609 e. The van der Waals surface area contributed by atoms with Crippen molar-refractivity contribution in [1.29, 1.82) is 0 Å². The summed E-state index contributed by atoms with van der Waals surface area (Å²) in [6.07, 6.45) is 1.90. The maximum absolute atomic E-state index is 2.28. The molecule has 0 saturated carbocycles. The molecule has 0 saturated heterocycles. The molecule has 2 nitrogen and oxygen atoms in total. The minimum Gasteiger partial charge on any atom is -0.294 e. The maximum atomic E-state index is 2.28. The third-order valence-electron chi connectivity index (χ3n) is 1.84. The van der Waals surface area contributed by atoms with Gasteiger partial charge in [-0.3, -0.25) is 9.80 Å². The topological polar surface area (TPSA) is 6.48 Å². The molecule has 0 spiro atoms. The number of hydrogen-bond acceptors (Lipinski definition) is 2. The fourth-order valence-corrected chi connectivity index (χ4v) is 1.80. The Balaban J connectivity index is 3.70. The largest absolute Gasteiger partial charge is 0.294 e. The molecule has 0 aromatic heterocycles. The Kier molecular flexibility index (Phi) is 5.82. The van der Waals surface area contributed by atoms with Gasteiger partial charge in [-0.05, 0) is 34.6 Å². The van der Waals surface area contributed by atoms with Gasteiger partial charge in [0, 0.05) is 9.52 Å². The fraction of sp³-hybridized carbons (Fsp3) is 1.00. The van der Waals surface area contributed by atoms with E-state index in [-0.39, 0.29) is 0 Å². The molecule has 0 aliphatic carbocycles. The molecule has 11 heavy (non-hydrogen) atoms. The first-order chi connectivity index (χ1) is 5.09. The van der Waals surface area contributed by atoms with E-state index < -0.39 is 0 Å². The zero-order chi connectivity index (χ0) is 8.85. The van der Waals surface area contributed by atoms with Crippen LogP contribution in [0, 0.1) is 0 Å². The van der Waals surface area contributed by atoms with Gasteiger partial charge in [-0.2, -0.15) is 0 Å². The minimum absolute atomic E-state index is 0.613. The van der Waals surface area contributed by atoms with E-state index in [1.165, 1.54) is 12.5 Å². The summed E-state index contributed by atoms with van der Waals surface area (Å²) in [5.74, 6) is 0. The normalized spacial score (nSPS) is 12.0. The lowest BCUT2D eigenvalue weighted by Gasteiger charge is -2.30. The van der Waals surface area contributed by atoms with E-state index in [2.05, 4.69) is 44.5 Å². The van der Waals surface area contributed by atoms with Gasteiger partial charge in [0.05, 0.1) is 6.17 Å². The van der Waals surface area contributed by atoms with Crippen LogP contribution in [-0.4, -0.2) is 53.7 Å². The molecule has 0 fully saturated rings. The molecule has 0 heterocycles. The molecule has 66 valence electrons. The lowest BCUT2D eigenvalue weighted by Crippen LogP contribution is -2.40. The Bertz CT molecular complexity index is 86.1. The monoisotopic (exact) mass is 172 g/mol. The summed E-state index contributed by atoms with van der Waals surface area (Å²) in [6.45, 7) is 2.27. The van der Waals surface area contributed by atoms with Gasteiger partial charge >= 0.3 is 0 Å². The first-order valence-corrected chi connectivity index (χ1v) is 5.77. The van der Waals surface area contributed by atoms with Gasteiger partial charge in [0.1, 0.15) is 0 Å². The van der Waals surface area contributed by atoms with Crippen LogP contribution >= 0.6 is 0 Å². The summed E-state index contributed by atoms with van der Waals surface area (Å²) < 4.78 is 0. The second kappa shape index (κ2) is 5.74. The van der Waals surface area contributed by atoms with E-state index in [9.17, 15) is 0 Å². The Hall–Kier alpha value is 0.137. The van der Waals surface area contributed by atoms with Crippen LogP contribution in [0.5, 0.6) is 0 Å². The zero-order valence-corrected chi connectivity index (χ0v) is 9.39. The van der Waals surface area contributed by atoms with Crippen LogP contribution in [-0.2, 0) is 0 Å². The van der Waals surface area contributed by atoms with E-state index in [1.54, 1.807) is 0 Å². The van der Waals surface area contributed by atoms with Gasteiger partial charge in [-0.1, -0.05) is 12.6 Å². The van der Waals surface area contributed by atoms with Gasteiger partial charge in [0.25, 0.3) is 0 Å². The molecule has 0 bridgehead atoms. The second-order valence-corrected chi connectivity index (χ2v) is 4.51. The molecule has 0 aromatic rings. The predicted octanol–water partition coefficient (Wildman–Crippen LogP) is 0.996. The van der Waals surface area contributed by atoms with Crippen molar-refractivity contribution >= 4 is 9.52 Å². The molecular weight excluding hydrogens is 152 g/mol. The van der Waals surface area contributed by atoms with Crippen molar-refractivity contribution in [2.75, 3.05) is 28.2 Å². The van der Waals surface area contributed by atoms with Gasteiger partial charge in [0.15, 0.2) is 0 Å². The van der Waals surface area contributed by atoms with Crippen LogP contribution in [0.15, 0.2) is 0 Å². The van der Waals surface area contributed by atoms with Crippen molar-refractivity contribution in [1.82, 2.24) is 9.80 Å². The summed E-state index contributed by atoms with van der Waals surface area (Å²) in [6, 6.07) is 1.35. The van der Waals surface area contributed by atoms with Crippen molar-refractivity contribution in [2.24, 2.45) is 0 Å². The minimum atomic E-state index is 0.613. The van der Waals surface area contributed by atoms with Crippen molar-refractivity contribution < 1.29 is 0 Å². The Morgan fingerprint density at radius 1 is 1.09 bits per heavy atom. The van der Waals surface area contributed by atoms with Gasteiger partial charge in [-0.25, -0.2) is 0 Å². The summed E-state index contributed by atoms with van der Waals surface area (Å²) in [5.41, 5.74) is 0. The summed E-state index contributed by atoms with van der Waals surface area (Å²) in [5, 5.41) is 0. The van der Waals surface area contributed by atoms with Gasteiger partial charge in [0.2, 0.25) is 0 Å². The molecule has 2 radical (unpaired) electrons. The quantitative estimate of drug-likeness (QED) is 0.451. The average Bonchev–Trinajstić information content (AvgIpc) is 1.87. The molecule has 0 aliphatic rings. The van der Waals surface area contributed by atoms with Crippen LogP contribution in [0.1, 0.15) is 6.42 Å². The van der Waals surface area contributed by atoms with E-state index in [0.717, 1.165) is 9.52 Å². The highest BCUT2D eigenvalue weighted by molar-refractivity contribution is 6.33. The lowest BCUT2D eigenvalue weighted by molar-refractivity contribution is 0.125. The third-order valence-corrected chi connectivity index (χ3v) is 2.63. The Morgan fingerprint density at radius 2 is 1.55 bits per heavy atom. The highest BCUT2D eigenvalue weighted by Gasteiger charge is 2.11. The van der Waals surface area contributed by atoms with Crippen LogP contribution in [0.2, 0.25) is 12.6 Å². The van der Waals surface area contributed by atoms with Crippen LogP contribution < -0.4 is 0 Å². The number of rotatable bonds is 5. The third kappa shape index (κ3) is 4.56. The zero-order valence-electron chi connectivity index (χ0n) is 8.39. The molecule has 0 N–H and O–H groups in total. The lowest BCUT2D eigenvalue weighted by atomic mass is 10.3. The number of nitrogens with zero attached hydrogens (tertiary/aromatic N) is 2. The Labute approximate surface area is 73.4 Å². The van der Waals surface area contributed by atoms with Crippen LogP contribution in [0.3, 0.4) is 0 Å². The first-order valence-electron chi connectivity index (χ1n) is 4.07. The van der Waals surface area contributed by atoms with E-state index in [1.807, 2.05) is 0 Å². The summed E-state index contributed by atoms with van der Waals surface area (Å²) >= 11 is 0. The molecule has 0 atom stereocenters.